The Bertz CT molecular complexity index is 1920. The maximum absolute atomic E-state index is 13.4. The summed E-state index contributed by atoms with van der Waals surface area (Å²) in [7, 11) is 5.21. The second-order valence-electron chi connectivity index (χ2n) is 13.6. The number of ether oxygens (including phenoxy) is 7. The van der Waals surface area contributed by atoms with Crippen LogP contribution in [-0.4, -0.2) is 87.2 Å². The first kappa shape index (κ1) is 35.8. The highest BCUT2D eigenvalue weighted by Crippen LogP contribution is 2.58. The molecule has 0 aromatic heterocycles. The molecule has 7 rings (SSSR count). The molecule has 274 valence electrons. The van der Waals surface area contributed by atoms with Crippen molar-refractivity contribution in [3.05, 3.63) is 75.3 Å². The third-order valence-electron chi connectivity index (χ3n) is 10.8. The average Bonchev–Trinajstić information content (AvgIpc) is 3.64. The van der Waals surface area contributed by atoms with Gasteiger partial charge in [-0.3, -0.25) is 19.4 Å². The van der Waals surface area contributed by atoms with Crippen molar-refractivity contribution in [2.45, 2.75) is 69.7 Å². The number of esters is 2. The summed E-state index contributed by atoms with van der Waals surface area (Å²) in [6, 6.07) is 12.3. The molecular weight excluding hydrogens is 690 g/mol. The molecule has 0 saturated carbocycles. The van der Waals surface area contributed by atoms with E-state index in [0.717, 1.165) is 22.3 Å². The minimum Gasteiger partial charge on any atom is -0.493 e. The molecule has 12 nitrogen and oxygen atoms in total. The molecule has 2 bridgehead atoms. The van der Waals surface area contributed by atoms with Crippen molar-refractivity contribution in [1.29, 1.82) is 5.26 Å². The second-order valence-corrected chi connectivity index (χ2v) is 13.8. The number of nitriles is 1. The SMILES string of the molecule is COCOc1c(OC)c(C)cc2c1[C@H]1C3Cc4c(OC(=O)CCl)c(C)c5c(c4[C@H](COC(=O)CCc4ccccc4)N3[C@@H](C#N)[C@@H](C2)N1C)OCO5. The van der Waals surface area contributed by atoms with Crippen LogP contribution in [0.1, 0.15) is 57.4 Å². The number of carbonyl (C=O) groups is 2. The number of nitrogens with zero attached hydrogens (tertiary/aromatic N) is 3. The van der Waals surface area contributed by atoms with Gasteiger partial charge in [0.25, 0.3) is 0 Å². The molecule has 4 aliphatic heterocycles. The van der Waals surface area contributed by atoms with Gasteiger partial charge in [-0.25, -0.2) is 0 Å². The largest absolute Gasteiger partial charge is 0.493 e. The first-order valence-electron chi connectivity index (χ1n) is 17.3. The molecule has 5 atom stereocenters. The van der Waals surface area contributed by atoms with E-state index >= 15 is 0 Å². The van der Waals surface area contributed by atoms with Crippen LogP contribution in [0.2, 0.25) is 0 Å². The molecule has 3 aromatic rings. The molecule has 0 amide bonds. The fourth-order valence-electron chi connectivity index (χ4n) is 8.64. The topological polar surface area (TPSA) is 129 Å². The molecule has 3 aromatic carbocycles. The molecule has 1 unspecified atom stereocenters. The minimum atomic E-state index is -0.653. The number of fused-ring (bicyclic) bond motifs is 9. The molecule has 0 spiro atoms. The van der Waals surface area contributed by atoms with Crippen LogP contribution in [0.3, 0.4) is 0 Å². The Balaban J connectivity index is 1.39. The van der Waals surface area contributed by atoms with Gasteiger partial charge in [0.05, 0.1) is 25.3 Å². The van der Waals surface area contributed by atoms with Crippen molar-refractivity contribution in [2.75, 3.05) is 47.3 Å². The van der Waals surface area contributed by atoms with Gasteiger partial charge >= 0.3 is 11.9 Å². The van der Waals surface area contributed by atoms with Crippen molar-refractivity contribution in [2.24, 2.45) is 0 Å². The van der Waals surface area contributed by atoms with E-state index in [2.05, 4.69) is 21.9 Å². The summed E-state index contributed by atoms with van der Waals surface area (Å²) >= 11 is 5.96. The number of carbonyl (C=O) groups excluding carboxylic acids is 2. The lowest BCUT2D eigenvalue weighted by atomic mass is 9.71. The highest BCUT2D eigenvalue weighted by molar-refractivity contribution is 6.26. The van der Waals surface area contributed by atoms with E-state index in [1.165, 1.54) is 0 Å². The fraction of sp³-hybridized carbons (Fsp3) is 0.462. The van der Waals surface area contributed by atoms with Crippen LogP contribution in [0.4, 0.5) is 0 Å². The normalized spacial score (nSPS) is 22.8. The smallest absolute Gasteiger partial charge is 0.326 e. The lowest BCUT2D eigenvalue weighted by Crippen LogP contribution is -2.68. The van der Waals surface area contributed by atoms with Gasteiger partial charge in [0.1, 0.15) is 24.3 Å². The predicted molar refractivity (Wildman–Crippen MR) is 189 cm³/mol. The number of halogens is 1. The standard InChI is InChI=1S/C39H42ClN3O9/c1-21-13-24-14-26-28(17-41)43-27(34(42(26)3)32(24)38(35(21)47-5)49-19-46-4)15-25-33(29(43)18-48-30(44)12-11-23-9-7-6-8-10-23)39-37(50-20-51-39)22(2)36(25)52-31(45)16-40/h6-10,13,26-29,34H,11-12,14-16,18-20H2,1-5H3/t26-,27?,28+,29+,34-/m1/s1. The van der Waals surface area contributed by atoms with Gasteiger partial charge < -0.3 is 33.2 Å². The highest BCUT2D eigenvalue weighted by atomic mass is 35.5. The van der Waals surface area contributed by atoms with Gasteiger partial charge in [-0.1, -0.05) is 36.4 Å². The van der Waals surface area contributed by atoms with Crippen LogP contribution in [0.15, 0.2) is 36.4 Å². The summed E-state index contributed by atoms with van der Waals surface area (Å²) < 4.78 is 41.7. The maximum Gasteiger partial charge on any atom is 0.326 e. The molecule has 13 heteroatoms. The van der Waals surface area contributed by atoms with Crippen LogP contribution in [0.25, 0.3) is 0 Å². The van der Waals surface area contributed by atoms with Crippen LogP contribution in [0.5, 0.6) is 28.7 Å². The monoisotopic (exact) mass is 731 g/mol. The van der Waals surface area contributed by atoms with E-state index in [-0.39, 0.29) is 56.6 Å². The molecule has 1 saturated heterocycles. The molecule has 0 radical (unpaired) electrons. The van der Waals surface area contributed by atoms with E-state index in [1.54, 1.807) is 14.2 Å². The summed E-state index contributed by atoms with van der Waals surface area (Å²) in [6.45, 7) is 3.69. The van der Waals surface area contributed by atoms with Gasteiger partial charge in [-0.15, -0.1) is 11.6 Å². The van der Waals surface area contributed by atoms with Crippen LogP contribution < -0.4 is 23.7 Å². The van der Waals surface area contributed by atoms with Gasteiger partial charge in [0.15, 0.2) is 29.8 Å². The Labute approximate surface area is 308 Å². The molecule has 0 aliphatic carbocycles. The number of rotatable bonds is 11. The Kier molecular flexibility index (Phi) is 10.2. The van der Waals surface area contributed by atoms with Crippen LogP contribution in [0, 0.1) is 25.2 Å². The van der Waals surface area contributed by atoms with Gasteiger partial charge in [-0.05, 0) is 56.8 Å². The zero-order valence-corrected chi connectivity index (χ0v) is 30.7. The molecular formula is C39H42ClN3O9. The lowest BCUT2D eigenvalue weighted by molar-refractivity contribution is -0.149. The lowest BCUT2D eigenvalue weighted by Gasteiger charge is -2.59. The Morgan fingerprint density at radius 1 is 1.00 bits per heavy atom. The number of hydrogen-bond acceptors (Lipinski definition) is 12. The zero-order chi connectivity index (χ0) is 36.7. The Morgan fingerprint density at radius 2 is 1.77 bits per heavy atom. The van der Waals surface area contributed by atoms with Crippen molar-refractivity contribution >= 4 is 23.5 Å². The third-order valence-corrected chi connectivity index (χ3v) is 11.0. The van der Waals surface area contributed by atoms with E-state index in [4.69, 9.17) is 44.8 Å². The second kappa shape index (κ2) is 14.8. The highest BCUT2D eigenvalue weighted by Gasteiger charge is 2.57. The number of likely N-dealkylation sites (N-methyl/N-ethyl adjacent to an activating group) is 1. The zero-order valence-electron chi connectivity index (χ0n) is 29.9. The van der Waals surface area contributed by atoms with Gasteiger partial charge in [-0.2, -0.15) is 5.26 Å². The molecule has 1 fully saturated rings. The number of piperazine rings is 1. The average molecular weight is 732 g/mol. The summed E-state index contributed by atoms with van der Waals surface area (Å²) in [5.74, 6) is 1.11. The number of aryl methyl sites for hydroxylation is 2. The Morgan fingerprint density at radius 3 is 2.48 bits per heavy atom. The van der Waals surface area contributed by atoms with Crippen molar-refractivity contribution in [1.82, 2.24) is 9.80 Å². The molecule has 52 heavy (non-hydrogen) atoms. The van der Waals surface area contributed by atoms with E-state index in [0.29, 0.717) is 64.7 Å². The van der Waals surface area contributed by atoms with Crippen molar-refractivity contribution < 1.29 is 42.7 Å². The van der Waals surface area contributed by atoms with Crippen molar-refractivity contribution in [3.8, 4) is 34.8 Å². The molecule has 0 N–H and O–H groups in total. The van der Waals surface area contributed by atoms with E-state index in [9.17, 15) is 14.9 Å². The first-order valence-corrected chi connectivity index (χ1v) is 17.9. The third kappa shape index (κ3) is 6.09. The number of alkyl halides is 1. The van der Waals surface area contributed by atoms with Crippen molar-refractivity contribution in [3.63, 3.8) is 0 Å². The minimum absolute atomic E-state index is 0.00685. The molecule has 4 heterocycles. The van der Waals surface area contributed by atoms with Crippen LogP contribution >= 0.6 is 11.6 Å². The predicted octanol–water partition coefficient (Wildman–Crippen LogP) is 5.12. The summed E-state index contributed by atoms with van der Waals surface area (Å²) in [6.07, 6.45) is 1.63. The van der Waals surface area contributed by atoms with Crippen LogP contribution in [-0.2, 0) is 38.3 Å². The number of benzene rings is 3. The van der Waals surface area contributed by atoms with E-state index in [1.807, 2.05) is 51.2 Å². The summed E-state index contributed by atoms with van der Waals surface area (Å²) in [4.78, 5) is 30.6. The fourth-order valence-corrected chi connectivity index (χ4v) is 8.70. The van der Waals surface area contributed by atoms with E-state index < -0.39 is 18.1 Å². The van der Waals surface area contributed by atoms with Gasteiger partial charge in [0.2, 0.25) is 6.79 Å². The number of hydrogen-bond donors (Lipinski definition) is 0. The summed E-state index contributed by atoms with van der Waals surface area (Å²) in [5.41, 5.74) is 5.91. The summed E-state index contributed by atoms with van der Waals surface area (Å²) in [5, 5.41) is 11.0. The Hall–Kier alpha value is -4.54. The maximum atomic E-state index is 13.4. The first-order chi connectivity index (χ1) is 25.2. The van der Waals surface area contributed by atoms with Gasteiger partial charge in [0, 0.05) is 47.9 Å². The molecule has 4 aliphatic rings. The quantitative estimate of drug-likeness (QED) is 0.112. The number of methoxy groups -OCH3 is 2.